The van der Waals surface area contributed by atoms with Crippen molar-refractivity contribution in [2.24, 2.45) is 0 Å². The molecule has 1 aliphatic rings. The average molecular weight is 220 g/mol. The lowest BCUT2D eigenvalue weighted by Gasteiger charge is -2.14. The quantitative estimate of drug-likeness (QED) is 0.830. The number of carbonyl (C=O) groups excluding carboxylic acids is 1. The second kappa shape index (κ2) is 4.92. The Morgan fingerprint density at radius 1 is 1.38 bits per heavy atom. The molecule has 1 amide bonds. The van der Waals surface area contributed by atoms with Crippen molar-refractivity contribution in [1.29, 1.82) is 0 Å². The zero-order valence-electron chi connectivity index (χ0n) is 9.44. The third-order valence-corrected chi connectivity index (χ3v) is 2.63. The Hall–Kier alpha value is -1.65. The normalized spacial score (nSPS) is 15.2. The molecule has 1 aromatic heterocycles. The summed E-state index contributed by atoms with van der Waals surface area (Å²) in [6, 6.07) is 0. The van der Waals surface area contributed by atoms with E-state index >= 15 is 0 Å². The van der Waals surface area contributed by atoms with Crippen LogP contribution in [0.3, 0.4) is 0 Å². The van der Waals surface area contributed by atoms with E-state index in [1.807, 2.05) is 11.8 Å². The molecule has 0 aromatic carbocycles. The lowest BCUT2D eigenvalue weighted by atomic mass is 10.3. The topological polar surface area (TPSA) is 58.1 Å². The van der Waals surface area contributed by atoms with Gasteiger partial charge in [0, 0.05) is 32.0 Å². The zero-order chi connectivity index (χ0) is 11.4. The highest BCUT2D eigenvalue weighted by molar-refractivity contribution is 5.93. The number of nitrogens with one attached hydrogen (secondary N) is 1. The summed E-state index contributed by atoms with van der Waals surface area (Å²) in [6.45, 7) is 4.47. The number of hydrogen-bond donors (Lipinski definition) is 1. The molecule has 1 saturated heterocycles. The number of aromatic nitrogens is 2. The van der Waals surface area contributed by atoms with Gasteiger partial charge >= 0.3 is 0 Å². The molecule has 1 aromatic rings. The molecule has 0 saturated carbocycles. The predicted octanol–water partition coefficient (Wildman–Crippen LogP) is 1.14. The SMILES string of the molecule is CCNc1ncc(C(=O)N2CCCC2)cn1. The van der Waals surface area contributed by atoms with Crippen molar-refractivity contribution in [1.82, 2.24) is 14.9 Å². The Balaban J connectivity index is 2.05. The molecule has 0 radical (unpaired) electrons. The number of carbonyl (C=O) groups is 1. The second-order valence-corrected chi connectivity index (χ2v) is 3.82. The number of rotatable bonds is 3. The van der Waals surface area contributed by atoms with Crippen LogP contribution in [0.5, 0.6) is 0 Å². The van der Waals surface area contributed by atoms with E-state index in [1.54, 1.807) is 12.4 Å². The summed E-state index contributed by atoms with van der Waals surface area (Å²) in [7, 11) is 0. The fourth-order valence-electron chi connectivity index (χ4n) is 1.79. The fourth-order valence-corrected chi connectivity index (χ4v) is 1.79. The summed E-state index contributed by atoms with van der Waals surface area (Å²) >= 11 is 0. The standard InChI is InChI=1S/C11H16N4O/c1-2-12-11-13-7-9(8-14-11)10(16)15-5-3-4-6-15/h7-8H,2-6H2,1H3,(H,12,13,14). The highest BCUT2D eigenvalue weighted by Gasteiger charge is 2.19. The number of likely N-dealkylation sites (tertiary alicyclic amines) is 1. The molecular weight excluding hydrogens is 204 g/mol. The van der Waals surface area contributed by atoms with Crippen LogP contribution in [-0.4, -0.2) is 40.4 Å². The van der Waals surface area contributed by atoms with Crippen LogP contribution in [0.15, 0.2) is 12.4 Å². The summed E-state index contributed by atoms with van der Waals surface area (Å²) in [5.74, 6) is 0.612. The van der Waals surface area contributed by atoms with Crippen LogP contribution in [0, 0.1) is 0 Å². The van der Waals surface area contributed by atoms with Crippen molar-refractivity contribution in [2.45, 2.75) is 19.8 Å². The average Bonchev–Trinajstić information content (AvgIpc) is 2.83. The van der Waals surface area contributed by atoms with Crippen molar-refractivity contribution in [3.05, 3.63) is 18.0 Å². The van der Waals surface area contributed by atoms with Crippen molar-refractivity contribution in [3.63, 3.8) is 0 Å². The second-order valence-electron chi connectivity index (χ2n) is 3.82. The van der Waals surface area contributed by atoms with Crippen LogP contribution in [0.4, 0.5) is 5.95 Å². The van der Waals surface area contributed by atoms with Crippen molar-refractivity contribution in [3.8, 4) is 0 Å². The van der Waals surface area contributed by atoms with Crippen LogP contribution >= 0.6 is 0 Å². The lowest BCUT2D eigenvalue weighted by molar-refractivity contribution is 0.0792. The van der Waals surface area contributed by atoms with Crippen LogP contribution in [-0.2, 0) is 0 Å². The molecule has 2 heterocycles. The molecule has 1 fully saturated rings. The van der Waals surface area contributed by atoms with Gasteiger partial charge in [-0.2, -0.15) is 0 Å². The molecule has 0 aliphatic carbocycles. The Bertz CT molecular complexity index is 357. The summed E-state index contributed by atoms with van der Waals surface area (Å²) in [4.78, 5) is 22.0. The van der Waals surface area contributed by atoms with Crippen LogP contribution in [0.1, 0.15) is 30.1 Å². The van der Waals surface area contributed by atoms with Gasteiger partial charge in [0.1, 0.15) is 0 Å². The smallest absolute Gasteiger partial charge is 0.256 e. The Morgan fingerprint density at radius 2 is 2.00 bits per heavy atom. The Labute approximate surface area is 94.9 Å². The molecule has 2 rings (SSSR count). The molecular formula is C11H16N4O. The number of anilines is 1. The van der Waals surface area contributed by atoms with E-state index < -0.39 is 0 Å². The van der Waals surface area contributed by atoms with E-state index in [4.69, 9.17) is 0 Å². The van der Waals surface area contributed by atoms with Gasteiger partial charge in [-0.15, -0.1) is 0 Å². The van der Waals surface area contributed by atoms with E-state index in [2.05, 4.69) is 15.3 Å². The summed E-state index contributed by atoms with van der Waals surface area (Å²) in [5, 5.41) is 3.00. The van der Waals surface area contributed by atoms with Crippen molar-refractivity contribution < 1.29 is 4.79 Å². The summed E-state index contributed by atoms with van der Waals surface area (Å²) in [5.41, 5.74) is 0.573. The predicted molar refractivity (Wildman–Crippen MR) is 61.3 cm³/mol. The maximum atomic E-state index is 11.9. The molecule has 5 heteroatoms. The first-order chi connectivity index (χ1) is 7.81. The van der Waals surface area contributed by atoms with Crippen LogP contribution < -0.4 is 5.32 Å². The molecule has 86 valence electrons. The minimum atomic E-state index is 0.0422. The minimum Gasteiger partial charge on any atom is -0.355 e. The highest BCUT2D eigenvalue weighted by atomic mass is 16.2. The van der Waals surface area contributed by atoms with Gasteiger partial charge in [0.2, 0.25) is 5.95 Å². The first kappa shape index (κ1) is 10.9. The maximum Gasteiger partial charge on any atom is 0.256 e. The van der Waals surface area contributed by atoms with Gasteiger partial charge in [-0.05, 0) is 19.8 Å². The van der Waals surface area contributed by atoms with Gasteiger partial charge in [0.25, 0.3) is 5.91 Å². The third kappa shape index (κ3) is 2.29. The van der Waals surface area contributed by atoms with E-state index in [9.17, 15) is 4.79 Å². The summed E-state index contributed by atoms with van der Waals surface area (Å²) < 4.78 is 0. The Kier molecular flexibility index (Phi) is 3.34. The Morgan fingerprint density at radius 3 is 2.56 bits per heavy atom. The van der Waals surface area contributed by atoms with E-state index in [0.717, 1.165) is 32.5 Å². The first-order valence-electron chi connectivity index (χ1n) is 5.66. The van der Waals surface area contributed by atoms with Gasteiger partial charge in [-0.1, -0.05) is 0 Å². The van der Waals surface area contributed by atoms with Crippen molar-refractivity contribution >= 4 is 11.9 Å². The molecule has 0 unspecified atom stereocenters. The molecule has 1 N–H and O–H groups in total. The molecule has 0 spiro atoms. The van der Waals surface area contributed by atoms with E-state index in [1.165, 1.54) is 0 Å². The highest BCUT2D eigenvalue weighted by Crippen LogP contribution is 2.12. The van der Waals surface area contributed by atoms with Gasteiger partial charge < -0.3 is 10.2 Å². The van der Waals surface area contributed by atoms with Crippen LogP contribution in [0.2, 0.25) is 0 Å². The van der Waals surface area contributed by atoms with Gasteiger partial charge in [-0.25, -0.2) is 9.97 Å². The molecule has 1 aliphatic heterocycles. The van der Waals surface area contributed by atoms with Crippen molar-refractivity contribution in [2.75, 3.05) is 25.0 Å². The zero-order valence-corrected chi connectivity index (χ0v) is 9.44. The van der Waals surface area contributed by atoms with E-state index in [-0.39, 0.29) is 5.91 Å². The number of nitrogens with zero attached hydrogens (tertiary/aromatic N) is 3. The van der Waals surface area contributed by atoms with Gasteiger partial charge in [0.15, 0.2) is 0 Å². The first-order valence-corrected chi connectivity index (χ1v) is 5.66. The summed E-state index contributed by atoms with van der Waals surface area (Å²) in [6.07, 6.45) is 5.38. The largest absolute Gasteiger partial charge is 0.355 e. The number of amides is 1. The minimum absolute atomic E-state index is 0.0422. The fraction of sp³-hybridized carbons (Fsp3) is 0.545. The molecule has 0 bridgehead atoms. The van der Waals surface area contributed by atoms with Crippen LogP contribution in [0.25, 0.3) is 0 Å². The monoisotopic (exact) mass is 220 g/mol. The molecule has 16 heavy (non-hydrogen) atoms. The van der Waals surface area contributed by atoms with Gasteiger partial charge in [-0.3, -0.25) is 4.79 Å². The van der Waals surface area contributed by atoms with Gasteiger partial charge in [0.05, 0.1) is 5.56 Å². The molecule has 5 nitrogen and oxygen atoms in total. The third-order valence-electron chi connectivity index (χ3n) is 2.63. The maximum absolute atomic E-state index is 11.9. The number of hydrogen-bond acceptors (Lipinski definition) is 4. The lowest BCUT2D eigenvalue weighted by Crippen LogP contribution is -2.27. The van der Waals surface area contributed by atoms with E-state index in [0.29, 0.717) is 11.5 Å². The molecule has 0 atom stereocenters.